The zero-order valence-corrected chi connectivity index (χ0v) is 25.9. The van der Waals surface area contributed by atoms with Crippen LogP contribution in [-0.4, -0.2) is 97.5 Å². The average molecular weight is 610 g/mol. The van der Waals surface area contributed by atoms with Crippen LogP contribution in [0, 0.1) is 11.3 Å². The van der Waals surface area contributed by atoms with Gasteiger partial charge < -0.3 is 44.0 Å². The minimum Gasteiger partial charge on any atom is -0.478 e. The lowest BCUT2D eigenvalue weighted by molar-refractivity contribution is -0.330. The van der Waals surface area contributed by atoms with Crippen molar-refractivity contribution < 1.29 is 53.0 Å². The minimum absolute atomic E-state index is 0.00503. The van der Waals surface area contributed by atoms with Gasteiger partial charge in [-0.15, -0.1) is 0 Å². The van der Waals surface area contributed by atoms with Gasteiger partial charge in [0.05, 0.1) is 18.3 Å². The van der Waals surface area contributed by atoms with Crippen molar-refractivity contribution in [2.75, 3.05) is 21.0 Å². The number of nitrogens with one attached hydrogen (secondary N) is 1. The summed E-state index contributed by atoms with van der Waals surface area (Å²) < 4.78 is 35.5. The maximum absolute atomic E-state index is 13.4. The number of ether oxygens (including phenoxy) is 6. The third-order valence-electron chi connectivity index (χ3n) is 8.79. The van der Waals surface area contributed by atoms with Gasteiger partial charge in [0.25, 0.3) is 5.91 Å². The highest BCUT2D eigenvalue weighted by atomic mass is 16.7. The molecule has 9 atom stereocenters. The van der Waals surface area contributed by atoms with E-state index in [2.05, 4.69) is 11.9 Å². The Hall–Kier alpha value is -2.45. The number of aliphatic hydroxyl groups excluding tert-OH is 1. The molecule has 3 aliphatic heterocycles. The third-order valence-corrected chi connectivity index (χ3v) is 8.79. The van der Waals surface area contributed by atoms with Gasteiger partial charge in [-0.3, -0.25) is 9.59 Å². The average Bonchev–Trinajstić information content (AvgIpc) is 2.95. The predicted molar refractivity (Wildman–Crippen MR) is 155 cm³/mol. The lowest BCUT2D eigenvalue weighted by Crippen LogP contribution is -2.69. The number of allylic oxidation sites excluding steroid dienone is 3. The molecule has 3 N–H and O–H groups in total. The number of carbonyl (C=O) groups excluding carboxylic acids is 2. The highest BCUT2D eigenvalue weighted by molar-refractivity contribution is 5.82. The fraction of sp³-hybridized carbons (Fsp3) is 0.710. The summed E-state index contributed by atoms with van der Waals surface area (Å²) in [4.78, 5) is 36.9. The maximum atomic E-state index is 13.4. The smallest absolute Gasteiger partial charge is 0.328 e. The molecular formula is C31H47NO11. The van der Waals surface area contributed by atoms with Gasteiger partial charge >= 0.3 is 5.97 Å². The molecule has 43 heavy (non-hydrogen) atoms. The Morgan fingerprint density at radius 1 is 1.16 bits per heavy atom. The first-order valence-electron chi connectivity index (χ1n) is 14.7. The summed E-state index contributed by atoms with van der Waals surface area (Å²) in [7, 11) is 2.93. The summed E-state index contributed by atoms with van der Waals surface area (Å²) in [5.74, 6) is -3.39. The number of amides is 1. The SMILES string of the molecule is C=C1CC(OC)(C(O)C(=O)NC2OCOC3C2OC(CC(=O)CCCC=CC=CC(=O)O)C(C)(C)C3OC)OC(C)C1C. The van der Waals surface area contributed by atoms with Crippen molar-refractivity contribution >= 4 is 17.7 Å². The van der Waals surface area contributed by atoms with E-state index in [0.29, 0.717) is 19.3 Å². The molecule has 12 heteroatoms. The van der Waals surface area contributed by atoms with Crippen LogP contribution in [0.15, 0.2) is 36.5 Å². The van der Waals surface area contributed by atoms with E-state index in [1.165, 1.54) is 13.2 Å². The fourth-order valence-electron chi connectivity index (χ4n) is 5.92. The van der Waals surface area contributed by atoms with Gasteiger partial charge in [-0.05, 0) is 19.8 Å². The number of ketones is 1. The molecule has 242 valence electrons. The molecule has 0 aromatic heterocycles. The molecule has 0 bridgehead atoms. The number of carboxylic acids is 1. The summed E-state index contributed by atoms with van der Waals surface area (Å²) in [6.07, 6.45) is 2.15. The quantitative estimate of drug-likeness (QED) is 0.122. The van der Waals surface area contributed by atoms with Gasteiger partial charge in [-0.2, -0.15) is 0 Å². The van der Waals surface area contributed by atoms with Crippen molar-refractivity contribution in [1.82, 2.24) is 5.32 Å². The standard InChI is InChI=1S/C31H47NO11/c1-18-16-31(39-7,43-20(3)19(18)2)26(36)28(37)32-29-25-24(40-17-41-29)27(38-6)30(4,5)22(42-25)15-21(33)13-11-9-8-10-12-14-23(34)35/h8,10,12,14,19-20,22,24-27,29,36H,1,9,11,13,15-17H2,2-7H3,(H,32,37)(H,34,35). The van der Waals surface area contributed by atoms with Crippen molar-refractivity contribution in [1.29, 1.82) is 0 Å². The molecule has 0 aromatic carbocycles. The van der Waals surface area contributed by atoms with E-state index in [9.17, 15) is 19.5 Å². The van der Waals surface area contributed by atoms with E-state index in [4.69, 9.17) is 33.5 Å². The molecule has 3 aliphatic rings. The number of carbonyl (C=O) groups is 3. The number of carboxylic acid groups (broad SMARTS) is 1. The molecule has 3 fully saturated rings. The highest BCUT2D eigenvalue weighted by Gasteiger charge is 2.57. The summed E-state index contributed by atoms with van der Waals surface area (Å²) in [6, 6.07) is 0. The van der Waals surface area contributed by atoms with Crippen LogP contribution in [-0.2, 0) is 42.8 Å². The van der Waals surface area contributed by atoms with Crippen LogP contribution in [0.3, 0.4) is 0 Å². The predicted octanol–water partition coefficient (Wildman–Crippen LogP) is 2.64. The van der Waals surface area contributed by atoms with E-state index in [1.54, 1.807) is 19.3 Å². The fourth-order valence-corrected chi connectivity index (χ4v) is 5.92. The van der Waals surface area contributed by atoms with Crippen molar-refractivity contribution in [2.24, 2.45) is 11.3 Å². The van der Waals surface area contributed by atoms with Crippen LogP contribution in [0.25, 0.3) is 0 Å². The number of Topliss-reactive ketones (excluding diaryl/α,β-unsaturated/α-hetero) is 1. The zero-order valence-electron chi connectivity index (χ0n) is 25.9. The Balaban J connectivity index is 1.68. The Morgan fingerprint density at radius 2 is 1.88 bits per heavy atom. The van der Waals surface area contributed by atoms with Crippen molar-refractivity contribution in [3.05, 3.63) is 36.5 Å². The number of methoxy groups -OCH3 is 2. The number of hydrogen-bond donors (Lipinski definition) is 3. The van der Waals surface area contributed by atoms with Gasteiger partial charge in [0.15, 0.2) is 12.3 Å². The maximum Gasteiger partial charge on any atom is 0.328 e. The van der Waals surface area contributed by atoms with Crippen LogP contribution in [0.5, 0.6) is 0 Å². The van der Waals surface area contributed by atoms with Crippen LogP contribution < -0.4 is 5.32 Å². The molecule has 3 saturated heterocycles. The van der Waals surface area contributed by atoms with Gasteiger partial charge in [-0.1, -0.05) is 51.2 Å². The molecule has 12 nitrogen and oxygen atoms in total. The minimum atomic E-state index is -1.70. The van der Waals surface area contributed by atoms with Crippen molar-refractivity contribution in [3.63, 3.8) is 0 Å². The Kier molecular flexibility index (Phi) is 12.2. The second-order valence-electron chi connectivity index (χ2n) is 12.0. The summed E-state index contributed by atoms with van der Waals surface area (Å²) >= 11 is 0. The second kappa shape index (κ2) is 15.0. The number of aliphatic carboxylic acids is 1. The van der Waals surface area contributed by atoms with Gasteiger partial charge in [0.2, 0.25) is 5.79 Å². The first kappa shape index (κ1) is 35.0. The normalized spacial score (nSPS) is 35.0. The number of rotatable bonds is 13. The molecule has 1 amide bonds. The monoisotopic (exact) mass is 609 g/mol. The molecule has 3 rings (SSSR count). The number of aliphatic hydroxyl groups is 1. The highest BCUT2D eigenvalue weighted by Crippen LogP contribution is 2.43. The largest absolute Gasteiger partial charge is 0.478 e. The molecule has 0 radical (unpaired) electrons. The number of unbranched alkanes of at least 4 members (excludes halogenated alkanes) is 1. The van der Waals surface area contributed by atoms with Crippen LogP contribution in [0.1, 0.15) is 59.8 Å². The van der Waals surface area contributed by atoms with Gasteiger partial charge in [0.1, 0.15) is 24.8 Å². The van der Waals surface area contributed by atoms with Crippen molar-refractivity contribution in [3.8, 4) is 0 Å². The summed E-state index contributed by atoms with van der Waals surface area (Å²) in [5, 5.41) is 22.5. The van der Waals surface area contributed by atoms with E-state index in [-0.39, 0.29) is 37.4 Å². The number of hydrogen-bond acceptors (Lipinski definition) is 10. The summed E-state index contributed by atoms with van der Waals surface area (Å²) in [5.41, 5.74) is 0.177. The molecule has 0 aliphatic carbocycles. The first-order chi connectivity index (χ1) is 20.3. The van der Waals surface area contributed by atoms with Gasteiger partial charge in [0, 0.05) is 50.9 Å². The lowest BCUT2D eigenvalue weighted by atomic mass is 9.72. The first-order valence-corrected chi connectivity index (χ1v) is 14.7. The molecule has 9 unspecified atom stereocenters. The van der Waals surface area contributed by atoms with Crippen LogP contribution >= 0.6 is 0 Å². The zero-order chi connectivity index (χ0) is 31.9. The van der Waals surface area contributed by atoms with E-state index >= 15 is 0 Å². The Labute approximate surface area is 253 Å². The lowest BCUT2D eigenvalue weighted by Gasteiger charge is -2.54. The van der Waals surface area contributed by atoms with E-state index < -0.39 is 59.8 Å². The van der Waals surface area contributed by atoms with E-state index in [1.807, 2.05) is 27.7 Å². The molecule has 0 aromatic rings. The molecular weight excluding hydrogens is 562 g/mol. The van der Waals surface area contributed by atoms with E-state index in [0.717, 1.165) is 11.6 Å². The molecule has 0 spiro atoms. The second-order valence-corrected chi connectivity index (χ2v) is 12.0. The topological polar surface area (TPSA) is 159 Å². The Bertz CT molecular complexity index is 1070. The Morgan fingerprint density at radius 3 is 2.51 bits per heavy atom. The number of fused-ring (bicyclic) bond motifs is 1. The van der Waals surface area contributed by atoms with Crippen LogP contribution in [0.2, 0.25) is 0 Å². The molecule has 0 saturated carbocycles. The molecule has 3 heterocycles. The van der Waals surface area contributed by atoms with Crippen molar-refractivity contribution in [2.45, 2.75) is 108 Å². The van der Waals surface area contributed by atoms with Crippen LogP contribution in [0.4, 0.5) is 0 Å². The van der Waals surface area contributed by atoms with Gasteiger partial charge in [-0.25, -0.2) is 4.79 Å². The summed E-state index contributed by atoms with van der Waals surface area (Å²) in [6.45, 7) is 11.6. The third kappa shape index (κ3) is 8.18.